The lowest BCUT2D eigenvalue weighted by molar-refractivity contribution is 0.114. The standard InChI is InChI=1S/C31H35ClFN7O3/c1-15(2)24-27(25(16(3)4)35-19(7)34-24)40-29-21(12-22(32)26(36-29)20-10-8-9-11-23(20)33)28(37-30(40)41)38-13-18(6)39(31(42)43)14-17(38)5/h8-12,15-18H,13-14H2,1-7H3,(H,42,43). The van der Waals surface area contributed by atoms with Crippen molar-refractivity contribution >= 4 is 34.5 Å². The number of carboxylic acid groups (broad SMARTS) is 1. The summed E-state index contributed by atoms with van der Waals surface area (Å²) in [6.07, 6.45) is -1.01. The highest BCUT2D eigenvalue weighted by Gasteiger charge is 2.35. The summed E-state index contributed by atoms with van der Waals surface area (Å²) < 4.78 is 16.5. The molecule has 0 bridgehead atoms. The quantitative estimate of drug-likeness (QED) is 0.286. The zero-order valence-corrected chi connectivity index (χ0v) is 26.0. The molecule has 226 valence electrons. The zero-order chi connectivity index (χ0) is 31.3. The molecule has 1 aromatic carbocycles. The first kappa shape index (κ1) is 30.3. The van der Waals surface area contributed by atoms with Crippen molar-refractivity contribution in [3.8, 4) is 16.9 Å². The number of rotatable bonds is 5. The van der Waals surface area contributed by atoms with Crippen molar-refractivity contribution in [2.45, 2.75) is 72.4 Å². The third-order valence-electron chi connectivity index (χ3n) is 7.80. The number of pyridine rings is 1. The van der Waals surface area contributed by atoms with Crippen molar-refractivity contribution in [1.82, 2.24) is 29.4 Å². The highest BCUT2D eigenvalue weighted by atomic mass is 35.5. The number of aryl methyl sites for hydroxylation is 1. The molecule has 5 rings (SSSR count). The average molecular weight is 608 g/mol. The molecule has 0 spiro atoms. The summed E-state index contributed by atoms with van der Waals surface area (Å²) in [4.78, 5) is 48.2. The van der Waals surface area contributed by atoms with Crippen molar-refractivity contribution in [2.75, 3.05) is 18.0 Å². The Morgan fingerprint density at radius 3 is 2.21 bits per heavy atom. The number of benzene rings is 1. The largest absolute Gasteiger partial charge is 0.465 e. The van der Waals surface area contributed by atoms with Gasteiger partial charge in [0.05, 0.1) is 33.2 Å². The van der Waals surface area contributed by atoms with Crippen LogP contribution in [-0.4, -0.2) is 65.8 Å². The maximum absolute atomic E-state index is 15.0. The van der Waals surface area contributed by atoms with Crippen LogP contribution in [0.4, 0.5) is 15.0 Å². The predicted octanol–water partition coefficient (Wildman–Crippen LogP) is 6.16. The lowest BCUT2D eigenvalue weighted by Gasteiger charge is -2.43. The Bertz CT molecular complexity index is 1760. The van der Waals surface area contributed by atoms with Crippen LogP contribution in [0.2, 0.25) is 5.02 Å². The van der Waals surface area contributed by atoms with Gasteiger partial charge in [0.1, 0.15) is 17.5 Å². The van der Waals surface area contributed by atoms with Gasteiger partial charge in [-0.25, -0.2) is 33.5 Å². The van der Waals surface area contributed by atoms with Gasteiger partial charge in [-0.3, -0.25) is 0 Å². The molecule has 12 heteroatoms. The van der Waals surface area contributed by atoms with Crippen molar-refractivity contribution in [2.24, 2.45) is 0 Å². The minimum Gasteiger partial charge on any atom is -0.465 e. The third-order valence-corrected chi connectivity index (χ3v) is 8.09. The van der Waals surface area contributed by atoms with Crippen LogP contribution >= 0.6 is 11.6 Å². The number of amides is 1. The zero-order valence-electron chi connectivity index (χ0n) is 25.3. The SMILES string of the molecule is Cc1nc(C(C)C)c(-n2c(=O)nc(N3CC(C)N(C(=O)O)CC3C)c3cc(Cl)c(-c4ccccc4F)nc32)c(C(C)C)n1. The Kier molecular flexibility index (Phi) is 8.13. The molecule has 4 aromatic rings. The number of carbonyl (C=O) groups is 1. The Morgan fingerprint density at radius 1 is 1.00 bits per heavy atom. The fourth-order valence-corrected chi connectivity index (χ4v) is 5.95. The van der Waals surface area contributed by atoms with E-state index in [9.17, 15) is 14.7 Å². The molecule has 0 radical (unpaired) electrons. The van der Waals surface area contributed by atoms with E-state index >= 15 is 4.39 Å². The van der Waals surface area contributed by atoms with Crippen molar-refractivity contribution in [3.05, 3.63) is 68.9 Å². The fraction of sp³-hybridized carbons (Fsp3) is 0.419. The number of fused-ring (bicyclic) bond motifs is 1. The summed E-state index contributed by atoms with van der Waals surface area (Å²) in [5.74, 6) is 0.273. The van der Waals surface area contributed by atoms with Crippen LogP contribution in [0.3, 0.4) is 0 Å². The predicted molar refractivity (Wildman–Crippen MR) is 165 cm³/mol. The molecule has 3 aromatic heterocycles. The number of nitrogens with zero attached hydrogens (tertiary/aromatic N) is 7. The molecule has 4 heterocycles. The molecule has 2 atom stereocenters. The summed E-state index contributed by atoms with van der Waals surface area (Å²) in [7, 11) is 0. The number of aromatic nitrogens is 5. The van der Waals surface area contributed by atoms with Gasteiger partial charge in [0.15, 0.2) is 5.65 Å². The second-order valence-corrected chi connectivity index (χ2v) is 12.1. The summed E-state index contributed by atoms with van der Waals surface area (Å²) in [6, 6.07) is 7.18. The van der Waals surface area contributed by atoms with Crippen molar-refractivity contribution < 1.29 is 14.3 Å². The molecule has 1 fully saturated rings. The van der Waals surface area contributed by atoms with Crippen LogP contribution in [0.5, 0.6) is 0 Å². The molecule has 0 aliphatic carbocycles. The van der Waals surface area contributed by atoms with E-state index in [0.29, 0.717) is 40.6 Å². The van der Waals surface area contributed by atoms with E-state index in [2.05, 4.69) is 4.98 Å². The number of hydrogen-bond acceptors (Lipinski definition) is 7. The van der Waals surface area contributed by atoms with Crippen LogP contribution in [-0.2, 0) is 0 Å². The first-order valence-corrected chi connectivity index (χ1v) is 14.7. The molecule has 1 aliphatic heterocycles. The normalized spacial score (nSPS) is 17.4. The molecule has 1 N–H and O–H groups in total. The van der Waals surface area contributed by atoms with Crippen LogP contribution in [0.25, 0.3) is 28.0 Å². The lowest BCUT2D eigenvalue weighted by Crippen LogP contribution is -2.58. The monoisotopic (exact) mass is 607 g/mol. The van der Waals surface area contributed by atoms with Gasteiger partial charge in [-0.05, 0) is 50.8 Å². The molecule has 0 saturated carbocycles. The molecule has 43 heavy (non-hydrogen) atoms. The van der Waals surface area contributed by atoms with Gasteiger partial charge in [0.2, 0.25) is 0 Å². The Morgan fingerprint density at radius 2 is 1.63 bits per heavy atom. The lowest BCUT2D eigenvalue weighted by atomic mass is 10.0. The summed E-state index contributed by atoms with van der Waals surface area (Å²) in [6.45, 7) is 14.0. The smallest absolute Gasteiger partial charge is 0.407 e. The first-order valence-electron chi connectivity index (χ1n) is 14.3. The third kappa shape index (κ3) is 5.42. The van der Waals surface area contributed by atoms with E-state index < -0.39 is 17.6 Å². The topological polar surface area (TPSA) is 117 Å². The summed E-state index contributed by atoms with van der Waals surface area (Å²) in [5, 5.41) is 10.3. The first-order chi connectivity index (χ1) is 20.3. The summed E-state index contributed by atoms with van der Waals surface area (Å²) >= 11 is 6.80. The Labute approximate surface area is 254 Å². The molecular formula is C31H35ClFN7O3. The van der Waals surface area contributed by atoms with E-state index in [0.717, 1.165) is 0 Å². The van der Waals surface area contributed by atoms with Crippen LogP contribution in [0.1, 0.15) is 70.6 Å². The molecule has 10 nitrogen and oxygen atoms in total. The summed E-state index contributed by atoms with van der Waals surface area (Å²) in [5.41, 5.74) is 1.82. The maximum Gasteiger partial charge on any atom is 0.407 e. The van der Waals surface area contributed by atoms with Crippen molar-refractivity contribution in [3.63, 3.8) is 0 Å². The second kappa shape index (κ2) is 11.5. The van der Waals surface area contributed by atoms with E-state index in [1.54, 1.807) is 24.3 Å². The van der Waals surface area contributed by atoms with Gasteiger partial charge in [0.25, 0.3) is 0 Å². The van der Waals surface area contributed by atoms with Crippen LogP contribution in [0.15, 0.2) is 35.1 Å². The van der Waals surface area contributed by atoms with E-state index in [1.807, 2.05) is 53.4 Å². The maximum atomic E-state index is 15.0. The number of piperazine rings is 1. The number of hydrogen-bond donors (Lipinski definition) is 1. The molecule has 1 amide bonds. The molecule has 1 aliphatic rings. The second-order valence-electron chi connectivity index (χ2n) is 11.7. The van der Waals surface area contributed by atoms with Crippen LogP contribution in [0, 0.1) is 12.7 Å². The average Bonchev–Trinajstić information content (AvgIpc) is 2.93. The van der Waals surface area contributed by atoms with Gasteiger partial charge in [-0.1, -0.05) is 51.4 Å². The van der Waals surface area contributed by atoms with E-state index in [1.165, 1.54) is 15.5 Å². The minimum atomic E-state index is -1.01. The van der Waals surface area contributed by atoms with Crippen molar-refractivity contribution in [1.29, 1.82) is 0 Å². The van der Waals surface area contributed by atoms with E-state index in [4.69, 9.17) is 26.6 Å². The highest BCUT2D eigenvalue weighted by molar-refractivity contribution is 6.33. The molecule has 1 saturated heterocycles. The van der Waals surface area contributed by atoms with E-state index in [-0.39, 0.29) is 52.4 Å². The van der Waals surface area contributed by atoms with Gasteiger partial charge in [-0.2, -0.15) is 4.98 Å². The van der Waals surface area contributed by atoms with Gasteiger partial charge in [0, 0.05) is 30.7 Å². The Balaban J connectivity index is 1.89. The fourth-order valence-electron chi connectivity index (χ4n) is 5.70. The van der Waals surface area contributed by atoms with Crippen LogP contribution < -0.4 is 10.6 Å². The van der Waals surface area contributed by atoms with Gasteiger partial charge >= 0.3 is 11.8 Å². The van der Waals surface area contributed by atoms with Gasteiger partial charge < -0.3 is 14.9 Å². The molecular weight excluding hydrogens is 573 g/mol. The number of anilines is 1. The van der Waals surface area contributed by atoms with Gasteiger partial charge in [-0.15, -0.1) is 0 Å². The molecule has 2 unspecified atom stereocenters. The Hall–Kier alpha value is -4.12. The highest BCUT2D eigenvalue weighted by Crippen LogP contribution is 2.37. The minimum absolute atomic E-state index is 0.0702. The number of halogens is 2.